The van der Waals surface area contributed by atoms with Crippen molar-refractivity contribution in [2.75, 3.05) is 12.0 Å². The van der Waals surface area contributed by atoms with Gasteiger partial charge in [0.2, 0.25) is 0 Å². The van der Waals surface area contributed by atoms with Gasteiger partial charge in [-0.2, -0.15) is 0 Å². The number of rotatable bonds is 3. The van der Waals surface area contributed by atoms with Gasteiger partial charge in [0.25, 0.3) is 0 Å². The Balaban J connectivity index is 2.18. The Morgan fingerprint density at radius 2 is 1.26 bits per heavy atom. The van der Waals surface area contributed by atoms with Crippen LogP contribution in [0.3, 0.4) is 0 Å². The summed E-state index contributed by atoms with van der Waals surface area (Å²) in [5, 5.41) is 0. The lowest BCUT2D eigenvalue weighted by molar-refractivity contribution is 0.602. The topological polar surface area (TPSA) is 60.2 Å². The van der Waals surface area contributed by atoms with Gasteiger partial charge < -0.3 is 5.73 Å². The van der Waals surface area contributed by atoms with Crippen molar-refractivity contribution in [1.29, 1.82) is 0 Å². The van der Waals surface area contributed by atoms with Crippen LogP contribution in [0.1, 0.15) is 11.1 Å². The summed E-state index contributed by atoms with van der Waals surface area (Å²) in [6.07, 6.45) is 5.08. The molecule has 0 aliphatic rings. The lowest BCUT2D eigenvalue weighted by Gasteiger charge is -1.99. The van der Waals surface area contributed by atoms with Gasteiger partial charge in [-0.1, -0.05) is 36.4 Å². The van der Waals surface area contributed by atoms with E-state index in [1.807, 2.05) is 36.4 Å². The second-order valence-electron chi connectivity index (χ2n) is 4.34. The van der Waals surface area contributed by atoms with Crippen molar-refractivity contribution in [1.82, 2.24) is 0 Å². The molecule has 0 atom stereocenters. The standard InChI is InChI=1S/C15H15NO2S/c1-19(17,18)15-10-6-13(7-11-15)3-2-12-4-8-14(16)9-5-12/h2-11H,16H2,1H3. The van der Waals surface area contributed by atoms with E-state index in [0.717, 1.165) is 16.8 Å². The molecule has 0 saturated carbocycles. The van der Waals surface area contributed by atoms with Crippen molar-refractivity contribution in [3.63, 3.8) is 0 Å². The van der Waals surface area contributed by atoms with Gasteiger partial charge in [0, 0.05) is 11.9 Å². The molecule has 2 N–H and O–H groups in total. The van der Waals surface area contributed by atoms with Crippen molar-refractivity contribution in [3.05, 3.63) is 59.7 Å². The molecule has 0 fully saturated rings. The van der Waals surface area contributed by atoms with E-state index in [4.69, 9.17) is 5.73 Å². The van der Waals surface area contributed by atoms with Crippen molar-refractivity contribution >= 4 is 27.7 Å². The average molecular weight is 273 g/mol. The van der Waals surface area contributed by atoms with E-state index >= 15 is 0 Å². The highest BCUT2D eigenvalue weighted by molar-refractivity contribution is 7.90. The summed E-state index contributed by atoms with van der Waals surface area (Å²) in [7, 11) is -3.13. The maximum Gasteiger partial charge on any atom is 0.175 e. The van der Waals surface area contributed by atoms with E-state index < -0.39 is 9.84 Å². The predicted octanol–water partition coefficient (Wildman–Crippen LogP) is 2.84. The smallest absolute Gasteiger partial charge is 0.175 e. The molecule has 0 amide bonds. The lowest BCUT2D eigenvalue weighted by Crippen LogP contribution is -1.95. The van der Waals surface area contributed by atoms with Crippen molar-refractivity contribution in [2.45, 2.75) is 4.90 Å². The summed E-state index contributed by atoms with van der Waals surface area (Å²) in [6, 6.07) is 14.3. The molecule has 0 unspecified atom stereocenters. The van der Waals surface area contributed by atoms with Gasteiger partial charge in [-0.05, 0) is 35.4 Å². The average Bonchev–Trinajstić information content (AvgIpc) is 2.37. The van der Waals surface area contributed by atoms with E-state index in [0.29, 0.717) is 4.90 Å². The van der Waals surface area contributed by atoms with E-state index in [1.165, 1.54) is 6.26 Å². The molecule has 2 rings (SSSR count). The summed E-state index contributed by atoms with van der Waals surface area (Å²) in [5.41, 5.74) is 8.33. The molecule has 0 aliphatic heterocycles. The summed E-state index contributed by atoms with van der Waals surface area (Å²) >= 11 is 0. The monoisotopic (exact) mass is 273 g/mol. The van der Waals surface area contributed by atoms with Crippen molar-refractivity contribution < 1.29 is 8.42 Å². The molecule has 0 saturated heterocycles. The SMILES string of the molecule is CS(=O)(=O)c1ccc(C=Cc2ccc(N)cc2)cc1. The Kier molecular flexibility index (Phi) is 3.71. The number of benzene rings is 2. The second-order valence-corrected chi connectivity index (χ2v) is 6.36. The highest BCUT2D eigenvalue weighted by Crippen LogP contribution is 2.13. The van der Waals surface area contributed by atoms with Crippen LogP contribution in [0.2, 0.25) is 0 Å². The van der Waals surface area contributed by atoms with Crippen LogP contribution in [-0.2, 0) is 9.84 Å². The highest BCUT2D eigenvalue weighted by Gasteiger charge is 2.04. The molecular formula is C15H15NO2S. The minimum atomic E-state index is -3.13. The molecule has 19 heavy (non-hydrogen) atoms. The molecular weight excluding hydrogens is 258 g/mol. The fourth-order valence-corrected chi connectivity index (χ4v) is 2.26. The van der Waals surface area contributed by atoms with Crippen LogP contribution >= 0.6 is 0 Å². The predicted molar refractivity (Wildman–Crippen MR) is 79.3 cm³/mol. The second kappa shape index (κ2) is 5.28. The first-order valence-electron chi connectivity index (χ1n) is 5.79. The maximum atomic E-state index is 11.3. The fraction of sp³-hybridized carbons (Fsp3) is 0.0667. The largest absolute Gasteiger partial charge is 0.399 e. The van der Waals surface area contributed by atoms with Crippen LogP contribution in [0.25, 0.3) is 12.2 Å². The Morgan fingerprint density at radius 3 is 1.68 bits per heavy atom. The molecule has 4 heteroatoms. The quantitative estimate of drug-likeness (QED) is 0.691. The van der Waals surface area contributed by atoms with Crippen molar-refractivity contribution in [2.24, 2.45) is 0 Å². The molecule has 98 valence electrons. The Bertz CT molecular complexity index is 684. The molecule has 0 aromatic heterocycles. The zero-order valence-corrected chi connectivity index (χ0v) is 11.4. The summed E-state index contributed by atoms with van der Waals surface area (Å²) in [5.74, 6) is 0. The highest BCUT2D eigenvalue weighted by atomic mass is 32.2. The van der Waals surface area contributed by atoms with Gasteiger partial charge in [0.05, 0.1) is 4.90 Å². The van der Waals surface area contributed by atoms with Crippen LogP contribution in [0.5, 0.6) is 0 Å². The first kappa shape index (κ1) is 13.4. The zero-order chi connectivity index (χ0) is 13.9. The van der Waals surface area contributed by atoms with Gasteiger partial charge in [0.15, 0.2) is 9.84 Å². The van der Waals surface area contributed by atoms with Gasteiger partial charge in [0.1, 0.15) is 0 Å². The third-order valence-corrected chi connectivity index (χ3v) is 3.84. The third-order valence-electron chi connectivity index (χ3n) is 2.71. The van der Waals surface area contributed by atoms with E-state index in [-0.39, 0.29) is 0 Å². The lowest BCUT2D eigenvalue weighted by atomic mass is 10.1. The summed E-state index contributed by atoms with van der Waals surface area (Å²) < 4.78 is 22.7. The Labute approximate surface area is 113 Å². The molecule has 2 aromatic carbocycles. The van der Waals surface area contributed by atoms with Crippen LogP contribution < -0.4 is 5.73 Å². The molecule has 3 nitrogen and oxygen atoms in total. The maximum absolute atomic E-state index is 11.3. The molecule has 0 aliphatic carbocycles. The fourth-order valence-electron chi connectivity index (χ4n) is 1.63. The Hall–Kier alpha value is -2.07. The molecule has 2 aromatic rings. The number of hydrogen-bond acceptors (Lipinski definition) is 3. The number of anilines is 1. The van der Waals surface area contributed by atoms with Crippen LogP contribution in [0, 0.1) is 0 Å². The van der Waals surface area contributed by atoms with E-state index in [1.54, 1.807) is 24.3 Å². The van der Waals surface area contributed by atoms with Gasteiger partial charge in [-0.15, -0.1) is 0 Å². The molecule has 0 radical (unpaired) electrons. The van der Waals surface area contributed by atoms with E-state index in [2.05, 4.69) is 0 Å². The van der Waals surface area contributed by atoms with Crippen molar-refractivity contribution in [3.8, 4) is 0 Å². The van der Waals surface area contributed by atoms with Crippen LogP contribution in [0.15, 0.2) is 53.4 Å². The molecule has 0 bridgehead atoms. The number of hydrogen-bond donors (Lipinski definition) is 1. The minimum absolute atomic E-state index is 0.331. The van der Waals surface area contributed by atoms with Gasteiger partial charge in [-0.25, -0.2) is 8.42 Å². The summed E-state index contributed by atoms with van der Waals surface area (Å²) in [4.78, 5) is 0.331. The van der Waals surface area contributed by atoms with Gasteiger partial charge in [-0.3, -0.25) is 0 Å². The van der Waals surface area contributed by atoms with Crippen LogP contribution in [-0.4, -0.2) is 14.7 Å². The minimum Gasteiger partial charge on any atom is -0.399 e. The van der Waals surface area contributed by atoms with E-state index in [9.17, 15) is 8.42 Å². The number of nitrogens with two attached hydrogens (primary N) is 1. The molecule has 0 spiro atoms. The third kappa shape index (κ3) is 3.69. The molecule has 0 heterocycles. The normalized spacial score (nSPS) is 11.8. The summed E-state index contributed by atoms with van der Waals surface area (Å²) in [6.45, 7) is 0. The zero-order valence-electron chi connectivity index (χ0n) is 10.6. The first-order chi connectivity index (χ1) is 8.95. The van der Waals surface area contributed by atoms with Crippen LogP contribution in [0.4, 0.5) is 5.69 Å². The Morgan fingerprint density at radius 1 is 0.842 bits per heavy atom. The number of nitrogen functional groups attached to an aromatic ring is 1. The first-order valence-corrected chi connectivity index (χ1v) is 7.68. The number of sulfone groups is 1. The van der Waals surface area contributed by atoms with Gasteiger partial charge >= 0.3 is 0 Å².